The Morgan fingerprint density at radius 2 is 1.85 bits per heavy atom. The summed E-state index contributed by atoms with van der Waals surface area (Å²) < 4.78 is 33.1. The van der Waals surface area contributed by atoms with Gasteiger partial charge in [-0.25, -0.2) is 13.1 Å². The minimum absolute atomic E-state index is 0.0221. The van der Waals surface area contributed by atoms with E-state index in [0.717, 1.165) is 23.6 Å². The molecule has 1 amide bonds. The van der Waals surface area contributed by atoms with Gasteiger partial charge >= 0.3 is 0 Å². The van der Waals surface area contributed by atoms with Gasteiger partial charge in [0.05, 0.1) is 11.0 Å². The van der Waals surface area contributed by atoms with E-state index in [4.69, 9.17) is 4.74 Å². The zero-order valence-electron chi connectivity index (χ0n) is 15.6. The average molecular weight is 391 g/mol. The zero-order chi connectivity index (χ0) is 19.3. The molecule has 0 aromatic heterocycles. The van der Waals surface area contributed by atoms with Crippen molar-refractivity contribution in [3.8, 4) is 0 Å². The van der Waals surface area contributed by atoms with Crippen molar-refractivity contribution in [3.63, 3.8) is 0 Å². The molecule has 0 spiro atoms. The van der Waals surface area contributed by atoms with Gasteiger partial charge in [0.1, 0.15) is 0 Å². The van der Waals surface area contributed by atoms with Gasteiger partial charge in [-0.2, -0.15) is 0 Å². The highest BCUT2D eigenvalue weighted by Gasteiger charge is 2.23. The van der Waals surface area contributed by atoms with Gasteiger partial charge in [0.2, 0.25) is 15.9 Å². The van der Waals surface area contributed by atoms with Crippen molar-refractivity contribution in [3.05, 3.63) is 42.5 Å². The molecule has 1 saturated heterocycles. The van der Waals surface area contributed by atoms with Crippen LogP contribution in [0.2, 0.25) is 0 Å². The van der Waals surface area contributed by atoms with E-state index in [9.17, 15) is 13.2 Å². The van der Waals surface area contributed by atoms with Crippen LogP contribution in [0.15, 0.2) is 47.4 Å². The van der Waals surface area contributed by atoms with Crippen molar-refractivity contribution in [1.29, 1.82) is 0 Å². The van der Waals surface area contributed by atoms with Gasteiger partial charge in [-0.1, -0.05) is 30.3 Å². The van der Waals surface area contributed by atoms with E-state index in [1.54, 1.807) is 23.1 Å². The minimum Gasteiger partial charge on any atom is -0.378 e. The quantitative estimate of drug-likeness (QED) is 0.788. The van der Waals surface area contributed by atoms with Gasteiger partial charge in [0.15, 0.2) is 0 Å². The monoisotopic (exact) mass is 390 g/mol. The molecule has 0 atom stereocenters. The molecular formula is C20H26N2O4S. The van der Waals surface area contributed by atoms with Crippen molar-refractivity contribution in [2.45, 2.75) is 37.2 Å². The summed E-state index contributed by atoms with van der Waals surface area (Å²) in [5.74, 6) is -0.0221. The lowest BCUT2D eigenvalue weighted by atomic mass is 10.1. The van der Waals surface area contributed by atoms with Crippen LogP contribution in [-0.4, -0.2) is 51.6 Å². The molecule has 6 nitrogen and oxygen atoms in total. The van der Waals surface area contributed by atoms with Crippen molar-refractivity contribution < 1.29 is 17.9 Å². The lowest BCUT2D eigenvalue weighted by Crippen LogP contribution is -2.42. The summed E-state index contributed by atoms with van der Waals surface area (Å²) in [5.41, 5.74) is 0. The van der Waals surface area contributed by atoms with Crippen LogP contribution in [0.4, 0.5) is 0 Å². The highest BCUT2D eigenvalue weighted by atomic mass is 32.2. The topological polar surface area (TPSA) is 75.7 Å². The first-order valence-corrected chi connectivity index (χ1v) is 10.9. The molecule has 27 heavy (non-hydrogen) atoms. The Kier molecular flexibility index (Phi) is 6.46. The Balaban J connectivity index is 1.52. The molecule has 7 heteroatoms. The first-order chi connectivity index (χ1) is 13.0. The summed E-state index contributed by atoms with van der Waals surface area (Å²) in [6.45, 7) is 4.09. The molecule has 2 aromatic carbocycles. The molecule has 0 aliphatic carbocycles. The number of sulfonamides is 1. The Hall–Kier alpha value is -1.96. The number of amides is 1. The fourth-order valence-corrected chi connectivity index (χ4v) is 4.44. The number of carbonyl (C=O) groups is 1. The van der Waals surface area contributed by atoms with Crippen molar-refractivity contribution in [2.75, 3.05) is 26.2 Å². The third-order valence-electron chi connectivity index (χ3n) is 4.86. The highest BCUT2D eigenvalue weighted by molar-refractivity contribution is 7.89. The fraction of sp³-hybridized carbons (Fsp3) is 0.450. The maximum absolute atomic E-state index is 12.5. The molecule has 0 unspecified atom stereocenters. The first kappa shape index (κ1) is 19.8. The number of hydrogen-bond donors (Lipinski definition) is 1. The highest BCUT2D eigenvalue weighted by Crippen LogP contribution is 2.19. The number of piperidine rings is 1. The van der Waals surface area contributed by atoms with Gasteiger partial charge in [0, 0.05) is 32.7 Å². The normalized spacial score (nSPS) is 16.0. The largest absolute Gasteiger partial charge is 0.378 e. The number of likely N-dealkylation sites (tertiary alicyclic amines) is 1. The molecule has 3 rings (SSSR count). The van der Waals surface area contributed by atoms with Crippen molar-refractivity contribution in [1.82, 2.24) is 9.62 Å². The van der Waals surface area contributed by atoms with Gasteiger partial charge in [-0.15, -0.1) is 0 Å². The average Bonchev–Trinajstić information content (AvgIpc) is 2.68. The number of carbonyl (C=O) groups excluding carboxylic acids is 1. The Morgan fingerprint density at radius 3 is 2.56 bits per heavy atom. The molecule has 0 radical (unpaired) electrons. The molecule has 146 valence electrons. The Labute approximate surface area is 160 Å². The summed E-state index contributed by atoms with van der Waals surface area (Å²) in [6, 6.07) is 12.6. The molecule has 0 bridgehead atoms. The van der Waals surface area contributed by atoms with Gasteiger partial charge < -0.3 is 9.64 Å². The molecule has 0 saturated carbocycles. The summed E-state index contributed by atoms with van der Waals surface area (Å²) in [4.78, 5) is 14.3. The smallest absolute Gasteiger partial charge is 0.240 e. The van der Waals surface area contributed by atoms with Crippen LogP contribution in [0.5, 0.6) is 0 Å². The number of benzene rings is 2. The fourth-order valence-electron chi connectivity index (χ4n) is 3.38. The molecule has 2 aromatic rings. The summed E-state index contributed by atoms with van der Waals surface area (Å²) in [5, 5.41) is 1.86. The van der Waals surface area contributed by atoms with Crippen LogP contribution < -0.4 is 4.72 Å². The van der Waals surface area contributed by atoms with Crippen LogP contribution in [0.25, 0.3) is 10.8 Å². The SMILES string of the molecule is CCOC1CCN(C(=O)CCNS(=O)(=O)c2ccc3ccccc3c2)CC1. The molecule has 1 aliphatic rings. The molecule has 1 heterocycles. The van der Waals surface area contributed by atoms with E-state index < -0.39 is 10.0 Å². The Morgan fingerprint density at radius 1 is 1.15 bits per heavy atom. The van der Waals surface area contributed by atoms with Gasteiger partial charge in [-0.3, -0.25) is 4.79 Å². The predicted octanol–water partition coefficient (Wildman–Crippen LogP) is 2.54. The molecule has 1 fully saturated rings. The van der Waals surface area contributed by atoms with Gasteiger partial charge in [0.25, 0.3) is 0 Å². The van der Waals surface area contributed by atoms with Gasteiger partial charge in [-0.05, 0) is 42.7 Å². The maximum Gasteiger partial charge on any atom is 0.240 e. The number of nitrogens with one attached hydrogen (secondary N) is 1. The van der Waals surface area contributed by atoms with Crippen LogP contribution >= 0.6 is 0 Å². The summed E-state index contributed by atoms with van der Waals surface area (Å²) in [6.07, 6.45) is 2.06. The number of fused-ring (bicyclic) bond motifs is 1. The molecular weight excluding hydrogens is 364 g/mol. The number of rotatable bonds is 7. The number of ether oxygens (including phenoxy) is 1. The van der Waals surface area contributed by atoms with Crippen molar-refractivity contribution >= 4 is 26.7 Å². The van der Waals surface area contributed by atoms with E-state index >= 15 is 0 Å². The van der Waals surface area contributed by atoms with E-state index in [1.165, 1.54) is 0 Å². The van der Waals surface area contributed by atoms with Crippen LogP contribution in [-0.2, 0) is 19.6 Å². The van der Waals surface area contributed by atoms with Crippen LogP contribution in [0.3, 0.4) is 0 Å². The van der Waals surface area contributed by atoms with E-state index in [2.05, 4.69) is 4.72 Å². The van der Waals surface area contributed by atoms with E-state index in [0.29, 0.717) is 19.7 Å². The third-order valence-corrected chi connectivity index (χ3v) is 6.32. The van der Waals surface area contributed by atoms with E-state index in [-0.39, 0.29) is 29.9 Å². The number of nitrogens with zero attached hydrogens (tertiary/aromatic N) is 1. The second-order valence-corrected chi connectivity index (χ2v) is 8.46. The second-order valence-electron chi connectivity index (χ2n) is 6.69. The van der Waals surface area contributed by atoms with Crippen LogP contribution in [0, 0.1) is 0 Å². The predicted molar refractivity (Wildman–Crippen MR) is 105 cm³/mol. The lowest BCUT2D eigenvalue weighted by Gasteiger charge is -2.31. The molecule has 1 aliphatic heterocycles. The minimum atomic E-state index is -3.63. The third kappa shape index (κ3) is 5.06. The van der Waals surface area contributed by atoms with Crippen LogP contribution in [0.1, 0.15) is 26.2 Å². The lowest BCUT2D eigenvalue weighted by molar-refractivity contribution is -0.133. The standard InChI is InChI=1S/C20H26N2O4S/c1-2-26-18-10-13-22(14-11-18)20(23)9-12-21-27(24,25)19-8-7-16-5-3-4-6-17(16)15-19/h3-8,15,18,21H,2,9-14H2,1H3. The Bertz CT molecular complexity index is 890. The maximum atomic E-state index is 12.5. The molecule has 1 N–H and O–H groups in total. The number of hydrogen-bond acceptors (Lipinski definition) is 4. The van der Waals surface area contributed by atoms with Crippen molar-refractivity contribution in [2.24, 2.45) is 0 Å². The first-order valence-electron chi connectivity index (χ1n) is 9.37. The second kappa shape index (κ2) is 8.82. The summed E-state index contributed by atoms with van der Waals surface area (Å²) >= 11 is 0. The summed E-state index contributed by atoms with van der Waals surface area (Å²) in [7, 11) is -3.63. The zero-order valence-corrected chi connectivity index (χ0v) is 16.4. The van der Waals surface area contributed by atoms with E-state index in [1.807, 2.05) is 31.2 Å².